The van der Waals surface area contributed by atoms with Gasteiger partial charge in [0.2, 0.25) is 0 Å². The quantitative estimate of drug-likeness (QED) is 0.827. The molecule has 0 spiro atoms. The molecule has 0 aromatic carbocycles. The van der Waals surface area contributed by atoms with E-state index in [1.165, 1.54) is 0 Å². The van der Waals surface area contributed by atoms with E-state index in [0.717, 1.165) is 38.2 Å². The molecular formula is C10H15NO2S. The number of aromatic nitrogens is 1. The summed E-state index contributed by atoms with van der Waals surface area (Å²) in [7, 11) is 0. The first kappa shape index (κ1) is 10.1. The molecule has 0 radical (unpaired) electrons. The van der Waals surface area contributed by atoms with E-state index in [2.05, 4.69) is 10.4 Å². The number of ether oxygens (including phenoxy) is 1. The second-order valence-corrected chi connectivity index (χ2v) is 4.65. The number of aliphatic hydroxyl groups is 1. The Hall–Kier alpha value is -0.450. The second-order valence-electron chi connectivity index (χ2n) is 3.93. The van der Waals surface area contributed by atoms with E-state index in [-0.39, 0.29) is 12.0 Å². The first-order valence-electron chi connectivity index (χ1n) is 4.90. The molecule has 0 saturated carbocycles. The normalized spacial score (nSPS) is 20.9. The molecule has 0 unspecified atom stereocenters. The van der Waals surface area contributed by atoms with Gasteiger partial charge in [0.05, 0.1) is 11.2 Å². The second kappa shape index (κ2) is 4.38. The smallest absolute Gasteiger partial charge is 0.0794 e. The molecule has 2 heterocycles. The summed E-state index contributed by atoms with van der Waals surface area (Å²) in [4.78, 5) is 4.27. The van der Waals surface area contributed by atoms with Gasteiger partial charge in [-0.15, -0.1) is 11.3 Å². The van der Waals surface area contributed by atoms with Crippen LogP contribution in [-0.4, -0.2) is 29.9 Å². The average molecular weight is 213 g/mol. The predicted octanol–water partition coefficient (Wildman–Crippen LogP) is 1.47. The topological polar surface area (TPSA) is 42.4 Å². The fraction of sp³-hybridized carbons (Fsp3) is 0.700. The van der Waals surface area contributed by atoms with Gasteiger partial charge in [-0.3, -0.25) is 0 Å². The third-order valence-electron chi connectivity index (χ3n) is 2.93. The van der Waals surface area contributed by atoms with Gasteiger partial charge in [0, 0.05) is 30.6 Å². The highest BCUT2D eigenvalue weighted by Gasteiger charge is 2.32. The van der Waals surface area contributed by atoms with Crippen molar-refractivity contribution >= 4 is 11.3 Å². The highest BCUT2D eigenvalue weighted by molar-refractivity contribution is 7.07. The van der Waals surface area contributed by atoms with E-state index >= 15 is 0 Å². The summed E-state index contributed by atoms with van der Waals surface area (Å²) in [6.07, 6.45) is 2.78. The standard InChI is InChI=1S/C10H15NO2S/c12-7-10(1-3-13-4-2-10)5-9-6-14-8-11-9/h6,8,12H,1-5,7H2. The van der Waals surface area contributed by atoms with Crippen LogP contribution in [0.25, 0.3) is 0 Å². The van der Waals surface area contributed by atoms with E-state index < -0.39 is 0 Å². The van der Waals surface area contributed by atoms with Gasteiger partial charge in [0.25, 0.3) is 0 Å². The summed E-state index contributed by atoms with van der Waals surface area (Å²) in [6, 6.07) is 0. The van der Waals surface area contributed by atoms with Crippen molar-refractivity contribution in [2.75, 3.05) is 19.8 Å². The molecule has 0 aliphatic carbocycles. The zero-order chi connectivity index (χ0) is 9.86. The Bertz CT molecular complexity index is 268. The first-order valence-corrected chi connectivity index (χ1v) is 5.85. The number of hydrogen-bond acceptors (Lipinski definition) is 4. The number of rotatable bonds is 3. The lowest BCUT2D eigenvalue weighted by Gasteiger charge is -2.34. The van der Waals surface area contributed by atoms with Crippen LogP contribution in [0.3, 0.4) is 0 Å². The molecule has 1 aromatic rings. The molecule has 0 bridgehead atoms. The van der Waals surface area contributed by atoms with Gasteiger partial charge in [-0.2, -0.15) is 0 Å². The minimum atomic E-state index is 0.0202. The molecule has 1 aliphatic rings. The van der Waals surface area contributed by atoms with Crippen LogP contribution in [-0.2, 0) is 11.2 Å². The number of thiazole rings is 1. The SMILES string of the molecule is OCC1(Cc2cscn2)CCOCC1. The van der Waals surface area contributed by atoms with Crippen LogP contribution in [0.1, 0.15) is 18.5 Å². The van der Waals surface area contributed by atoms with Gasteiger partial charge in [0.1, 0.15) is 0 Å². The van der Waals surface area contributed by atoms with Crippen molar-refractivity contribution in [3.63, 3.8) is 0 Å². The van der Waals surface area contributed by atoms with E-state index in [1.54, 1.807) is 11.3 Å². The Morgan fingerprint density at radius 3 is 2.86 bits per heavy atom. The van der Waals surface area contributed by atoms with Crippen LogP contribution in [0.2, 0.25) is 0 Å². The zero-order valence-corrected chi connectivity index (χ0v) is 8.92. The summed E-state index contributed by atoms with van der Waals surface area (Å²) in [5.74, 6) is 0. The minimum absolute atomic E-state index is 0.0202. The molecule has 1 aliphatic heterocycles. The summed E-state index contributed by atoms with van der Waals surface area (Å²) >= 11 is 1.61. The molecule has 78 valence electrons. The lowest BCUT2D eigenvalue weighted by atomic mass is 9.77. The summed E-state index contributed by atoms with van der Waals surface area (Å²) < 4.78 is 5.32. The van der Waals surface area contributed by atoms with Crippen LogP contribution in [0, 0.1) is 5.41 Å². The van der Waals surface area contributed by atoms with Crippen LogP contribution in [0.5, 0.6) is 0 Å². The van der Waals surface area contributed by atoms with Gasteiger partial charge in [-0.05, 0) is 19.3 Å². The van der Waals surface area contributed by atoms with Crippen LogP contribution < -0.4 is 0 Å². The van der Waals surface area contributed by atoms with E-state index in [4.69, 9.17) is 4.74 Å². The number of nitrogens with zero attached hydrogens (tertiary/aromatic N) is 1. The van der Waals surface area contributed by atoms with Gasteiger partial charge in [-0.1, -0.05) is 0 Å². The highest BCUT2D eigenvalue weighted by atomic mass is 32.1. The fourth-order valence-corrected chi connectivity index (χ4v) is 2.46. The summed E-state index contributed by atoms with van der Waals surface area (Å²) in [6.45, 7) is 1.78. The van der Waals surface area contributed by atoms with Crippen LogP contribution in [0.15, 0.2) is 10.9 Å². The molecule has 1 fully saturated rings. The Kier molecular flexibility index (Phi) is 3.15. The van der Waals surface area contributed by atoms with Gasteiger partial charge < -0.3 is 9.84 Å². The van der Waals surface area contributed by atoms with Crippen molar-refractivity contribution in [3.05, 3.63) is 16.6 Å². The molecule has 14 heavy (non-hydrogen) atoms. The Balaban J connectivity index is 2.04. The van der Waals surface area contributed by atoms with E-state index in [9.17, 15) is 5.11 Å². The molecule has 0 atom stereocenters. The van der Waals surface area contributed by atoms with Crippen molar-refractivity contribution in [3.8, 4) is 0 Å². The molecule has 1 saturated heterocycles. The molecule has 4 heteroatoms. The molecule has 1 N–H and O–H groups in total. The van der Waals surface area contributed by atoms with Crippen molar-refractivity contribution < 1.29 is 9.84 Å². The summed E-state index contributed by atoms with van der Waals surface area (Å²) in [5, 5.41) is 11.5. The average Bonchev–Trinajstić information content (AvgIpc) is 2.72. The third kappa shape index (κ3) is 2.13. The highest BCUT2D eigenvalue weighted by Crippen LogP contribution is 2.33. The Morgan fingerprint density at radius 1 is 1.50 bits per heavy atom. The van der Waals surface area contributed by atoms with Gasteiger partial charge in [-0.25, -0.2) is 4.98 Å². The largest absolute Gasteiger partial charge is 0.396 e. The zero-order valence-electron chi connectivity index (χ0n) is 8.11. The monoisotopic (exact) mass is 213 g/mol. The third-order valence-corrected chi connectivity index (χ3v) is 3.56. The molecular weight excluding hydrogens is 198 g/mol. The van der Waals surface area contributed by atoms with Crippen molar-refractivity contribution in [1.29, 1.82) is 0 Å². The lowest BCUT2D eigenvalue weighted by molar-refractivity contribution is -0.0161. The fourth-order valence-electron chi connectivity index (χ4n) is 1.90. The molecule has 0 amide bonds. The molecule has 1 aromatic heterocycles. The summed E-state index contributed by atoms with van der Waals surface area (Å²) in [5.41, 5.74) is 2.97. The van der Waals surface area contributed by atoms with Crippen LogP contribution in [0.4, 0.5) is 0 Å². The predicted molar refractivity (Wildman–Crippen MR) is 55.4 cm³/mol. The Labute approximate surface area is 87.7 Å². The number of hydrogen-bond donors (Lipinski definition) is 1. The van der Waals surface area contributed by atoms with E-state index in [1.807, 2.05) is 5.51 Å². The molecule has 2 rings (SSSR count). The Morgan fingerprint density at radius 2 is 2.29 bits per heavy atom. The molecule has 3 nitrogen and oxygen atoms in total. The lowest BCUT2D eigenvalue weighted by Crippen LogP contribution is -2.35. The maximum Gasteiger partial charge on any atom is 0.0794 e. The maximum atomic E-state index is 9.46. The van der Waals surface area contributed by atoms with Gasteiger partial charge >= 0.3 is 0 Å². The van der Waals surface area contributed by atoms with Gasteiger partial charge in [0.15, 0.2) is 0 Å². The van der Waals surface area contributed by atoms with E-state index in [0.29, 0.717) is 0 Å². The van der Waals surface area contributed by atoms with Crippen molar-refractivity contribution in [2.24, 2.45) is 5.41 Å². The van der Waals surface area contributed by atoms with Crippen molar-refractivity contribution in [1.82, 2.24) is 4.98 Å². The number of aliphatic hydroxyl groups excluding tert-OH is 1. The van der Waals surface area contributed by atoms with Crippen molar-refractivity contribution in [2.45, 2.75) is 19.3 Å². The van der Waals surface area contributed by atoms with Crippen LogP contribution >= 0.6 is 11.3 Å². The maximum absolute atomic E-state index is 9.46. The minimum Gasteiger partial charge on any atom is -0.396 e. The first-order chi connectivity index (χ1) is 6.85.